The van der Waals surface area contributed by atoms with Crippen LogP contribution in [0, 0.1) is 6.92 Å². The van der Waals surface area contributed by atoms with E-state index in [4.69, 9.17) is 0 Å². The third-order valence-corrected chi connectivity index (χ3v) is 1.64. The van der Waals surface area contributed by atoms with Crippen LogP contribution in [0.5, 0.6) is 5.75 Å². The van der Waals surface area contributed by atoms with Crippen molar-refractivity contribution in [1.82, 2.24) is 0 Å². The molecule has 0 saturated heterocycles. The molecular weight excluding hydrogens is 192 g/mol. The van der Waals surface area contributed by atoms with Gasteiger partial charge in [-0.05, 0) is 24.6 Å². The number of hydrogen-bond donors (Lipinski definition) is 0. The Morgan fingerprint density at radius 2 is 1.86 bits per heavy atom. The average Bonchev–Trinajstić information content (AvgIpc) is 1.99. The fourth-order valence-corrected chi connectivity index (χ4v) is 1.14. The summed E-state index contributed by atoms with van der Waals surface area (Å²) in [6, 6.07) is 4.48. The van der Waals surface area contributed by atoms with E-state index < -0.39 is 6.36 Å². The molecule has 0 saturated carbocycles. The fraction of sp³-hybridized carbons (Fsp3) is 0.333. The van der Waals surface area contributed by atoms with E-state index in [-0.39, 0.29) is 5.75 Å². The average molecular weight is 201 g/mol. The summed E-state index contributed by atoms with van der Waals surface area (Å²) in [6.45, 7) is 3.47. The van der Waals surface area contributed by atoms with Gasteiger partial charge < -0.3 is 4.74 Å². The van der Waals surface area contributed by atoms with E-state index in [9.17, 15) is 13.2 Å². The second-order valence-electron chi connectivity index (χ2n) is 2.92. The molecule has 14 heavy (non-hydrogen) atoms. The molecule has 0 amide bonds. The smallest absolute Gasteiger partial charge is 0.406 e. The maximum atomic E-state index is 11.9. The van der Waals surface area contributed by atoms with Crippen molar-refractivity contribution < 1.29 is 17.9 Å². The summed E-state index contributed by atoms with van der Waals surface area (Å²) in [5.41, 5.74) is 1.45. The molecule has 0 N–H and O–H groups in total. The van der Waals surface area contributed by atoms with Crippen molar-refractivity contribution in [2.24, 2.45) is 0 Å². The quantitative estimate of drug-likeness (QED) is 0.666. The minimum Gasteiger partial charge on any atom is -0.406 e. The normalized spacial score (nSPS) is 11.2. The topological polar surface area (TPSA) is 9.23 Å². The standard InChI is InChI=1S/C9H9BF3O/c1-6-3-7(10-2)5-8(4-6)14-9(11,12)13/h3-5H,1-2H3. The van der Waals surface area contributed by atoms with Crippen LogP contribution in [-0.4, -0.2) is 13.6 Å². The number of alkyl halides is 3. The van der Waals surface area contributed by atoms with Gasteiger partial charge in [-0.15, -0.1) is 13.2 Å². The molecule has 5 heteroatoms. The van der Waals surface area contributed by atoms with E-state index in [1.54, 1.807) is 27.1 Å². The molecule has 0 aromatic heterocycles. The molecule has 0 unspecified atom stereocenters. The van der Waals surface area contributed by atoms with Gasteiger partial charge in [-0.2, -0.15) is 0 Å². The Labute approximate surface area is 81.1 Å². The maximum absolute atomic E-state index is 11.9. The summed E-state index contributed by atoms with van der Waals surface area (Å²) < 4.78 is 39.4. The van der Waals surface area contributed by atoms with Gasteiger partial charge >= 0.3 is 6.36 Å². The van der Waals surface area contributed by atoms with Crippen molar-refractivity contribution in [2.45, 2.75) is 20.1 Å². The van der Waals surface area contributed by atoms with Crippen molar-refractivity contribution in [3.8, 4) is 5.75 Å². The first-order valence-electron chi connectivity index (χ1n) is 4.07. The van der Waals surface area contributed by atoms with E-state index in [1.165, 1.54) is 12.1 Å². The molecule has 1 nitrogen and oxygen atoms in total. The molecular formula is C9H9BF3O. The number of hydrogen-bond acceptors (Lipinski definition) is 1. The van der Waals surface area contributed by atoms with Crippen LogP contribution in [0.15, 0.2) is 18.2 Å². The third kappa shape index (κ3) is 3.32. The lowest BCUT2D eigenvalue weighted by molar-refractivity contribution is -0.274. The van der Waals surface area contributed by atoms with Crippen LogP contribution in [-0.2, 0) is 0 Å². The Hall–Kier alpha value is -1.13. The van der Waals surface area contributed by atoms with Crippen molar-refractivity contribution >= 4 is 12.7 Å². The highest BCUT2D eigenvalue weighted by Crippen LogP contribution is 2.22. The van der Waals surface area contributed by atoms with Gasteiger partial charge in [-0.3, -0.25) is 0 Å². The molecule has 1 aromatic rings. The largest absolute Gasteiger partial charge is 0.573 e. The fourth-order valence-electron chi connectivity index (χ4n) is 1.14. The number of benzene rings is 1. The number of ether oxygens (including phenoxy) is 1. The Morgan fingerprint density at radius 1 is 1.21 bits per heavy atom. The predicted octanol–water partition coefficient (Wildman–Crippen LogP) is 2.27. The first-order chi connectivity index (χ1) is 6.40. The van der Waals surface area contributed by atoms with Gasteiger partial charge in [0.25, 0.3) is 0 Å². The summed E-state index contributed by atoms with van der Waals surface area (Å²) in [4.78, 5) is 0. The molecule has 1 rings (SSSR count). The molecule has 0 aliphatic carbocycles. The predicted molar refractivity (Wildman–Crippen MR) is 49.1 cm³/mol. The van der Waals surface area contributed by atoms with Gasteiger partial charge in [0.2, 0.25) is 0 Å². The highest BCUT2D eigenvalue weighted by molar-refractivity contribution is 6.52. The lowest BCUT2D eigenvalue weighted by Gasteiger charge is -2.10. The Morgan fingerprint density at radius 3 is 2.36 bits per heavy atom. The minimum atomic E-state index is -4.63. The summed E-state index contributed by atoms with van der Waals surface area (Å²) in [7, 11) is 1.72. The van der Waals surface area contributed by atoms with Crippen LogP contribution in [0.1, 0.15) is 5.56 Å². The third-order valence-electron chi connectivity index (χ3n) is 1.64. The summed E-state index contributed by atoms with van der Waals surface area (Å²) in [6.07, 6.45) is -4.63. The van der Waals surface area contributed by atoms with Crippen LogP contribution in [0.2, 0.25) is 6.82 Å². The van der Waals surface area contributed by atoms with Crippen LogP contribution in [0.3, 0.4) is 0 Å². The first kappa shape index (κ1) is 11.0. The molecule has 0 aliphatic rings. The summed E-state index contributed by atoms with van der Waals surface area (Å²) >= 11 is 0. The lowest BCUT2D eigenvalue weighted by atomic mass is 9.73. The molecule has 75 valence electrons. The van der Waals surface area contributed by atoms with E-state index in [0.29, 0.717) is 5.46 Å². The maximum Gasteiger partial charge on any atom is 0.573 e. The second-order valence-corrected chi connectivity index (χ2v) is 2.92. The first-order valence-corrected chi connectivity index (χ1v) is 4.07. The number of rotatable bonds is 2. The SMILES string of the molecule is C[B]c1cc(C)cc(OC(F)(F)F)c1. The molecule has 0 atom stereocenters. The second kappa shape index (κ2) is 3.94. The molecule has 0 spiro atoms. The van der Waals surface area contributed by atoms with Crippen molar-refractivity contribution in [1.29, 1.82) is 0 Å². The van der Waals surface area contributed by atoms with E-state index >= 15 is 0 Å². The number of aryl methyl sites for hydroxylation is 1. The van der Waals surface area contributed by atoms with Crippen LogP contribution < -0.4 is 10.2 Å². The van der Waals surface area contributed by atoms with E-state index in [0.717, 1.165) is 5.56 Å². The van der Waals surface area contributed by atoms with Gasteiger partial charge in [0.1, 0.15) is 13.0 Å². The van der Waals surface area contributed by atoms with E-state index in [2.05, 4.69) is 4.74 Å². The van der Waals surface area contributed by atoms with Crippen molar-refractivity contribution in [3.63, 3.8) is 0 Å². The van der Waals surface area contributed by atoms with Crippen molar-refractivity contribution in [2.75, 3.05) is 0 Å². The Bertz CT molecular complexity index is 322. The molecule has 1 radical (unpaired) electrons. The zero-order chi connectivity index (χ0) is 10.8. The highest BCUT2D eigenvalue weighted by Gasteiger charge is 2.31. The lowest BCUT2D eigenvalue weighted by Crippen LogP contribution is -2.19. The zero-order valence-electron chi connectivity index (χ0n) is 7.85. The molecule has 1 aromatic carbocycles. The van der Waals surface area contributed by atoms with Crippen LogP contribution in [0.25, 0.3) is 0 Å². The monoisotopic (exact) mass is 201 g/mol. The molecule has 0 fully saturated rings. The van der Waals surface area contributed by atoms with E-state index in [1.807, 2.05) is 0 Å². The summed E-state index contributed by atoms with van der Waals surface area (Å²) in [5.74, 6) is -0.175. The van der Waals surface area contributed by atoms with Crippen LogP contribution >= 0.6 is 0 Å². The molecule has 0 heterocycles. The minimum absolute atomic E-state index is 0.175. The molecule has 0 aliphatic heterocycles. The summed E-state index contributed by atoms with van der Waals surface area (Å²) in [5, 5.41) is 0. The molecule has 0 bridgehead atoms. The zero-order valence-corrected chi connectivity index (χ0v) is 7.85. The van der Waals surface area contributed by atoms with Gasteiger partial charge in [-0.1, -0.05) is 18.4 Å². The van der Waals surface area contributed by atoms with Gasteiger partial charge in [-0.25, -0.2) is 0 Å². The van der Waals surface area contributed by atoms with Gasteiger partial charge in [0.05, 0.1) is 0 Å². The van der Waals surface area contributed by atoms with Crippen molar-refractivity contribution in [3.05, 3.63) is 23.8 Å². The van der Waals surface area contributed by atoms with Gasteiger partial charge in [0, 0.05) is 0 Å². The van der Waals surface area contributed by atoms with Crippen LogP contribution in [0.4, 0.5) is 13.2 Å². The Balaban J connectivity index is 2.92. The van der Waals surface area contributed by atoms with Gasteiger partial charge in [0.15, 0.2) is 0 Å². The highest BCUT2D eigenvalue weighted by atomic mass is 19.4. The Kier molecular flexibility index (Phi) is 3.08. The number of halogens is 3.